The smallest absolute Gasteiger partial charge is 0.345 e. The molecule has 0 aliphatic heterocycles. The maximum absolute atomic E-state index is 11.9. The molecule has 0 aliphatic rings. The van der Waals surface area contributed by atoms with Gasteiger partial charge in [0.05, 0.1) is 13.2 Å². The summed E-state index contributed by atoms with van der Waals surface area (Å²) < 4.78 is 9.80. The number of benzene rings is 1. The molecule has 1 rings (SSSR count). The van der Waals surface area contributed by atoms with Gasteiger partial charge in [0.25, 0.3) is 0 Å². The van der Waals surface area contributed by atoms with Crippen molar-refractivity contribution < 1.29 is 19.1 Å². The molecule has 0 bridgehead atoms. The molecule has 0 heterocycles. The summed E-state index contributed by atoms with van der Waals surface area (Å²) in [6.07, 6.45) is 3.45. The van der Waals surface area contributed by atoms with Crippen LogP contribution >= 0.6 is 11.8 Å². The third-order valence-electron chi connectivity index (χ3n) is 2.43. The Morgan fingerprint density at radius 3 is 2.15 bits per heavy atom. The van der Waals surface area contributed by atoms with E-state index in [4.69, 9.17) is 9.47 Å². The van der Waals surface area contributed by atoms with Crippen LogP contribution in [-0.4, -0.2) is 31.4 Å². The van der Waals surface area contributed by atoms with Gasteiger partial charge in [0.2, 0.25) is 0 Å². The Morgan fingerprint density at radius 1 is 1.10 bits per heavy atom. The predicted molar refractivity (Wildman–Crippen MR) is 79.5 cm³/mol. The molecule has 1 aromatic rings. The fraction of sp³-hybridized carbons (Fsp3) is 0.333. The molecule has 108 valence electrons. The van der Waals surface area contributed by atoms with Crippen molar-refractivity contribution in [2.75, 3.05) is 19.5 Å². The van der Waals surface area contributed by atoms with Crippen molar-refractivity contribution in [2.45, 2.75) is 18.7 Å². The van der Waals surface area contributed by atoms with Gasteiger partial charge in [-0.15, -0.1) is 11.8 Å². The monoisotopic (exact) mass is 294 g/mol. The Morgan fingerprint density at radius 2 is 1.65 bits per heavy atom. The first-order chi connectivity index (χ1) is 9.63. The topological polar surface area (TPSA) is 52.6 Å². The van der Waals surface area contributed by atoms with E-state index in [1.807, 2.05) is 30.5 Å². The summed E-state index contributed by atoms with van der Waals surface area (Å²) in [6.45, 7) is 3.80. The highest BCUT2D eigenvalue weighted by Crippen LogP contribution is 2.22. The third kappa shape index (κ3) is 4.42. The van der Waals surface area contributed by atoms with E-state index in [0.717, 1.165) is 10.5 Å². The second-order valence-corrected chi connectivity index (χ2v) is 4.59. The summed E-state index contributed by atoms with van der Waals surface area (Å²) in [4.78, 5) is 24.7. The second kappa shape index (κ2) is 8.43. The van der Waals surface area contributed by atoms with Gasteiger partial charge < -0.3 is 9.47 Å². The number of esters is 2. The minimum atomic E-state index is -0.665. The molecule has 5 heteroatoms. The average Bonchev–Trinajstić information content (AvgIpc) is 2.45. The third-order valence-corrected chi connectivity index (χ3v) is 3.24. The molecule has 0 N–H and O–H groups in total. The Hall–Kier alpha value is -1.75. The number of rotatable bonds is 6. The van der Waals surface area contributed by atoms with Gasteiger partial charge in [-0.25, -0.2) is 9.59 Å². The molecule has 0 unspecified atom stereocenters. The lowest BCUT2D eigenvalue weighted by Crippen LogP contribution is -2.18. The van der Waals surface area contributed by atoms with Crippen LogP contribution in [0, 0.1) is 0 Å². The Labute approximate surface area is 123 Å². The van der Waals surface area contributed by atoms with Gasteiger partial charge in [-0.1, -0.05) is 18.2 Å². The van der Waals surface area contributed by atoms with E-state index in [-0.39, 0.29) is 18.8 Å². The summed E-state index contributed by atoms with van der Waals surface area (Å²) in [7, 11) is 0. The van der Waals surface area contributed by atoms with E-state index in [1.54, 1.807) is 13.8 Å². The molecule has 0 spiro atoms. The Kier molecular flexibility index (Phi) is 6.87. The van der Waals surface area contributed by atoms with Crippen LogP contribution in [0.25, 0.3) is 6.08 Å². The highest BCUT2D eigenvalue weighted by molar-refractivity contribution is 7.98. The van der Waals surface area contributed by atoms with Crippen molar-refractivity contribution in [3.8, 4) is 0 Å². The van der Waals surface area contributed by atoms with E-state index in [0.29, 0.717) is 0 Å². The van der Waals surface area contributed by atoms with Crippen molar-refractivity contribution in [3.63, 3.8) is 0 Å². The molecule has 0 fully saturated rings. The van der Waals surface area contributed by atoms with Gasteiger partial charge in [-0.05, 0) is 37.8 Å². The molecule has 0 saturated carbocycles. The minimum Gasteiger partial charge on any atom is -0.462 e. The molecular weight excluding hydrogens is 276 g/mol. The fourth-order valence-electron chi connectivity index (χ4n) is 1.56. The number of carbonyl (C=O) groups is 2. The van der Waals surface area contributed by atoms with Gasteiger partial charge >= 0.3 is 11.9 Å². The number of carbonyl (C=O) groups excluding carboxylic acids is 2. The quantitative estimate of drug-likeness (QED) is 0.265. The lowest BCUT2D eigenvalue weighted by Gasteiger charge is -2.08. The first kappa shape index (κ1) is 16.3. The molecular formula is C15H18O4S. The SMILES string of the molecule is CCOC(=O)C(=Cc1ccccc1SC)C(=O)OCC. The summed E-state index contributed by atoms with van der Waals surface area (Å²) in [5.74, 6) is -1.33. The maximum atomic E-state index is 11.9. The lowest BCUT2D eigenvalue weighted by atomic mass is 10.1. The molecule has 0 atom stereocenters. The highest BCUT2D eigenvalue weighted by Gasteiger charge is 2.21. The zero-order chi connectivity index (χ0) is 15.0. The minimum absolute atomic E-state index is 0.0878. The van der Waals surface area contributed by atoms with E-state index < -0.39 is 11.9 Å². The molecule has 4 nitrogen and oxygen atoms in total. The van der Waals surface area contributed by atoms with E-state index >= 15 is 0 Å². The number of hydrogen-bond acceptors (Lipinski definition) is 5. The van der Waals surface area contributed by atoms with Crippen molar-refractivity contribution >= 4 is 29.8 Å². The molecule has 0 amide bonds. The lowest BCUT2D eigenvalue weighted by molar-refractivity contribution is -0.146. The summed E-state index contributed by atoms with van der Waals surface area (Å²) >= 11 is 1.54. The van der Waals surface area contributed by atoms with Crippen LogP contribution in [0.4, 0.5) is 0 Å². The van der Waals surface area contributed by atoms with Crippen molar-refractivity contribution in [1.29, 1.82) is 0 Å². The van der Waals surface area contributed by atoms with Gasteiger partial charge in [0.15, 0.2) is 0 Å². The van der Waals surface area contributed by atoms with Gasteiger partial charge in [-0.3, -0.25) is 0 Å². The fourth-order valence-corrected chi connectivity index (χ4v) is 2.14. The first-order valence-electron chi connectivity index (χ1n) is 6.33. The van der Waals surface area contributed by atoms with Gasteiger partial charge in [-0.2, -0.15) is 0 Å². The summed E-state index contributed by atoms with van der Waals surface area (Å²) in [6, 6.07) is 7.51. The van der Waals surface area contributed by atoms with Crippen LogP contribution < -0.4 is 0 Å². The summed E-state index contributed by atoms with van der Waals surface area (Å²) in [5.41, 5.74) is 0.700. The number of hydrogen-bond donors (Lipinski definition) is 0. The van der Waals surface area contributed by atoms with Crippen LogP contribution in [0.3, 0.4) is 0 Å². The average molecular weight is 294 g/mol. The van der Waals surface area contributed by atoms with Crippen LogP contribution in [0.15, 0.2) is 34.7 Å². The molecule has 20 heavy (non-hydrogen) atoms. The van der Waals surface area contributed by atoms with E-state index in [9.17, 15) is 9.59 Å². The molecule has 0 radical (unpaired) electrons. The zero-order valence-electron chi connectivity index (χ0n) is 11.8. The van der Waals surface area contributed by atoms with Crippen LogP contribution in [0.1, 0.15) is 19.4 Å². The molecule has 0 saturated heterocycles. The van der Waals surface area contributed by atoms with Crippen molar-refractivity contribution in [3.05, 3.63) is 35.4 Å². The summed E-state index contributed by atoms with van der Waals surface area (Å²) in [5, 5.41) is 0. The van der Waals surface area contributed by atoms with Gasteiger partial charge in [0, 0.05) is 4.90 Å². The zero-order valence-corrected chi connectivity index (χ0v) is 12.7. The van der Waals surface area contributed by atoms with Crippen LogP contribution in [-0.2, 0) is 19.1 Å². The van der Waals surface area contributed by atoms with E-state index in [1.165, 1.54) is 17.8 Å². The number of thioether (sulfide) groups is 1. The molecule has 0 aliphatic carbocycles. The predicted octanol–water partition coefficient (Wildman–Crippen LogP) is 2.92. The van der Waals surface area contributed by atoms with Crippen molar-refractivity contribution in [1.82, 2.24) is 0 Å². The van der Waals surface area contributed by atoms with Gasteiger partial charge in [0.1, 0.15) is 5.57 Å². The maximum Gasteiger partial charge on any atom is 0.345 e. The largest absolute Gasteiger partial charge is 0.462 e. The standard InChI is InChI=1S/C15H18O4S/c1-4-18-14(16)12(15(17)19-5-2)10-11-8-6-7-9-13(11)20-3/h6-10H,4-5H2,1-3H3. The van der Waals surface area contributed by atoms with Crippen molar-refractivity contribution in [2.24, 2.45) is 0 Å². The number of ether oxygens (including phenoxy) is 2. The molecule has 1 aromatic carbocycles. The normalized spacial score (nSPS) is 9.75. The Balaban J connectivity index is 3.17. The Bertz CT molecular complexity index is 488. The van der Waals surface area contributed by atoms with Crippen LogP contribution in [0.2, 0.25) is 0 Å². The van der Waals surface area contributed by atoms with E-state index in [2.05, 4.69) is 0 Å². The molecule has 0 aromatic heterocycles. The first-order valence-corrected chi connectivity index (χ1v) is 7.55. The second-order valence-electron chi connectivity index (χ2n) is 3.74. The highest BCUT2D eigenvalue weighted by atomic mass is 32.2. The van der Waals surface area contributed by atoms with Crippen LogP contribution in [0.5, 0.6) is 0 Å².